The molecule has 2 amide bonds. The number of thiazole rings is 1. The fourth-order valence-corrected chi connectivity index (χ4v) is 9.70. The lowest BCUT2D eigenvalue weighted by molar-refractivity contribution is -0.154. The van der Waals surface area contributed by atoms with Gasteiger partial charge >= 0.3 is 10.8 Å². The van der Waals surface area contributed by atoms with Crippen molar-refractivity contribution >= 4 is 40.9 Å². The fourth-order valence-electron chi connectivity index (χ4n) is 6.82. The second-order valence-corrected chi connectivity index (χ2v) is 11.6. The van der Waals surface area contributed by atoms with Gasteiger partial charge in [0.15, 0.2) is 0 Å². The van der Waals surface area contributed by atoms with Crippen LogP contribution in [0, 0.1) is 36.5 Å². The average molecular weight is 471 g/mol. The lowest BCUT2D eigenvalue weighted by atomic mass is 9.67. The normalized spacial score (nSPS) is 35.6. The molecule has 9 heteroatoms. The van der Waals surface area contributed by atoms with Gasteiger partial charge in [0.05, 0.1) is 16.9 Å². The maximum absolute atomic E-state index is 13.3. The number of carboxylic acids is 1. The van der Waals surface area contributed by atoms with Crippen LogP contribution in [-0.2, 0) is 14.4 Å². The van der Waals surface area contributed by atoms with Gasteiger partial charge in [-0.2, -0.15) is 0 Å². The highest BCUT2D eigenvalue weighted by molar-refractivity contribution is 8.00. The van der Waals surface area contributed by atoms with E-state index in [4.69, 9.17) is 0 Å². The van der Waals surface area contributed by atoms with Gasteiger partial charge in [-0.05, 0) is 49.1 Å². The van der Waals surface area contributed by atoms with E-state index in [1.54, 1.807) is 11.8 Å². The summed E-state index contributed by atoms with van der Waals surface area (Å²) in [4.78, 5) is 55.4. The van der Waals surface area contributed by atoms with E-state index in [-0.39, 0.29) is 45.6 Å². The minimum absolute atomic E-state index is 0.0000898. The number of rotatable bonds is 3. The number of carbonyl (C=O) groups is 3. The number of carbonyl (C=O) groups excluding carboxylic acids is 2. The highest BCUT2D eigenvalue weighted by Crippen LogP contribution is 2.68. The number of aromatic amines is 1. The number of imide groups is 1. The largest absolute Gasteiger partial charge is 0.480 e. The monoisotopic (exact) mass is 470 g/mol. The van der Waals surface area contributed by atoms with Gasteiger partial charge in [-0.3, -0.25) is 19.3 Å². The van der Waals surface area contributed by atoms with Crippen molar-refractivity contribution in [3.8, 4) is 0 Å². The molecular formula is C23H22N2O5S2. The zero-order valence-electron chi connectivity index (χ0n) is 17.5. The first-order valence-electron chi connectivity index (χ1n) is 10.8. The average Bonchev–Trinajstić information content (AvgIpc) is 3.47. The Morgan fingerprint density at radius 2 is 1.84 bits per heavy atom. The Balaban J connectivity index is 1.47. The number of hydrogen-bond acceptors (Lipinski definition) is 6. The number of aryl methyl sites for hydroxylation is 1. The smallest absolute Gasteiger partial charge is 0.326 e. The van der Waals surface area contributed by atoms with Gasteiger partial charge in [0.1, 0.15) is 6.04 Å². The highest BCUT2D eigenvalue weighted by Gasteiger charge is 2.70. The van der Waals surface area contributed by atoms with Crippen LogP contribution < -0.4 is 4.87 Å². The third-order valence-electron chi connectivity index (χ3n) is 8.03. The highest BCUT2D eigenvalue weighted by atomic mass is 32.2. The molecule has 2 N–H and O–H groups in total. The summed E-state index contributed by atoms with van der Waals surface area (Å²) in [6.45, 7) is 3.47. The first-order chi connectivity index (χ1) is 15.3. The van der Waals surface area contributed by atoms with E-state index in [2.05, 4.69) is 24.0 Å². The molecule has 2 aliphatic carbocycles. The van der Waals surface area contributed by atoms with Crippen LogP contribution in [-0.4, -0.2) is 44.1 Å². The molecule has 2 aliphatic heterocycles. The van der Waals surface area contributed by atoms with Crippen molar-refractivity contribution in [1.82, 2.24) is 9.88 Å². The number of fused-ring (bicyclic) bond motifs is 9. The SMILES string of the molecule is Cc1ccccc1[C@H]1c2sc(=O)[nH]c2S[C@@H]2[C@H]3C[C@@H]([C@@H]4C(=O)N([C@@H](C)C(=O)O)C(=O)[C@@H]34)[C@@H]12. The van der Waals surface area contributed by atoms with Crippen molar-refractivity contribution in [1.29, 1.82) is 0 Å². The Kier molecular flexibility index (Phi) is 4.30. The van der Waals surface area contributed by atoms with Crippen molar-refractivity contribution in [2.45, 2.75) is 42.5 Å². The molecule has 32 heavy (non-hydrogen) atoms. The van der Waals surface area contributed by atoms with E-state index in [1.807, 2.05) is 12.1 Å². The number of likely N-dealkylation sites (tertiary alicyclic amines) is 1. The summed E-state index contributed by atoms with van der Waals surface area (Å²) in [6, 6.07) is 7.02. The van der Waals surface area contributed by atoms with Crippen molar-refractivity contribution in [2.75, 3.05) is 0 Å². The number of hydrogen-bond donors (Lipinski definition) is 2. The summed E-state index contributed by atoms with van der Waals surface area (Å²) < 4.78 is 0. The molecule has 166 valence electrons. The molecule has 3 heterocycles. The van der Waals surface area contributed by atoms with E-state index in [0.29, 0.717) is 0 Å². The third kappa shape index (κ3) is 2.49. The standard InChI is InChI=1S/C23H22N2O5S2/c1-8-5-3-4-6-10(8)13-14-11-7-12(17(14)31-19-18(13)32-23(30)24-19)16-15(11)20(26)25(21(16)27)9(2)22(28)29/h3-6,9,11-17H,7H2,1-2H3,(H,24,30)(H,28,29)/t9-,11+,12-,13+,14-,15-,16-,17+/m0/s1. The summed E-state index contributed by atoms with van der Waals surface area (Å²) >= 11 is 2.88. The number of amides is 2. The molecule has 8 atom stereocenters. The van der Waals surface area contributed by atoms with Crippen LogP contribution in [0.25, 0.3) is 0 Å². The maximum atomic E-state index is 13.3. The summed E-state index contributed by atoms with van der Waals surface area (Å²) in [5.41, 5.74) is 2.31. The number of nitrogens with zero attached hydrogens (tertiary/aromatic N) is 1. The molecule has 4 aliphatic rings. The fraction of sp³-hybridized carbons (Fsp3) is 0.478. The van der Waals surface area contributed by atoms with Gasteiger partial charge < -0.3 is 10.1 Å². The number of nitrogens with one attached hydrogen (secondary N) is 1. The van der Waals surface area contributed by atoms with E-state index in [1.165, 1.54) is 18.3 Å². The van der Waals surface area contributed by atoms with Gasteiger partial charge in [0.2, 0.25) is 11.8 Å². The minimum atomic E-state index is -1.16. The molecule has 1 saturated heterocycles. The molecule has 7 nitrogen and oxygen atoms in total. The van der Waals surface area contributed by atoms with Crippen LogP contribution in [0.4, 0.5) is 0 Å². The first-order valence-corrected chi connectivity index (χ1v) is 12.5. The van der Waals surface area contributed by atoms with Gasteiger partial charge in [-0.15, -0.1) is 11.8 Å². The van der Waals surface area contributed by atoms with E-state index >= 15 is 0 Å². The minimum Gasteiger partial charge on any atom is -0.480 e. The summed E-state index contributed by atoms with van der Waals surface area (Å²) in [7, 11) is 0. The van der Waals surface area contributed by atoms with Crippen LogP contribution in [0.1, 0.15) is 35.3 Å². The third-order valence-corrected chi connectivity index (χ3v) is 10.6. The number of H-pyrrole nitrogens is 1. The van der Waals surface area contributed by atoms with E-state index in [0.717, 1.165) is 32.4 Å². The summed E-state index contributed by atoms with van der Waals surface area (Å²) in [5, 5.41) is 10.4. The molecule has 0 unspecified atom stereocenters. The Bertz CT molecular complexity index is 1230. The van der Waals surface area contributed by atoms with Crippen LogP contribution in [0.2, 0.25) is 0 Å². The number of carboxylic acid groups (broad SMARTS) is 1. The van der Waals surface area contributed by atoms with Gasteiger partial charge in [0, 0.05) is 16.0 Å². The van der Waals surface area contributed by atoms with Crippen molar-refractivity contribution in [3.63, 3.8) is 0 Å². The van der Waals surface area contributed by atoms with Crippen LogP contribution in [0.5, 0.6) is 0 Å². The second-order valence-electron chi connectivity index (χ2n) is 9.38. The Labute approximate surface area is 192 Å². The lowest BCUT2D eigenvalue weighted by Gasteiger charge is -2.43. The van der Waals surface area contributed by atoms with Crippen molar-refractivity contribution in [3.05, 3.63) is 49.9 Å². The predicted molar refractivity (Wildman–Crippen MR) is 119 cm³/mol. The first kappa shape index (κ1) is 20.2. The molecule has 1 aromatic heterocycles. The van der Waals surface area contributed by atoms with E-state index < -0.39 is 23.8 Å². The van der Waals surface area contributed by atoms with Crippen molar-refractivity contribution in [2.24, 2.45) is 29.6 Å². The molecular weight excluding hydrogens is 448 g/mol. The van der Waals surface area contributed by atoms with Gasteiger partial charge in [-0.25, -0.2) is 4.79 Å². The molecule has 2 bridgehead atoms. The predicted octanol–water partition coefficient (Wildman–Crippen LogP) is 2.69. The summed E-state index contributed by atoms with van der Waals surface area (Å²) in [5.74, 6) is -2.61. The zero-order chi connectivity index (χ0) is 22.5. The quantitative estimate of drug-likeness (QED) is 0.668. The Hall–Kier alpha value is -2.39. The van der Waals surface area contributed by atoms with Crippen LogP contribution in [0.3, 0.4) is 0 Å². The van der Waals surface area contributed by atoms with E-state index in [9.17, 15) is 24.3 Å². The number of benzene rings is 1. The molecule has 2 saturated carbocycles. The van der Waals surface area contributed by atoms with Gasteiger partial charge in [-0.1, -0.05) is 35.6 Å². The number of thioether (sulfide) groups is 1. The second kappa shape index (κ2) is 6.81. The Morgan fingerprint density at radius 1 is 1.16 bits per heavy atom. The molecule has 6 rings (SSSR count). The molecule has 2 aromatic rings. The molecule has 0 spiro atoms. The molecule has 3 fully saturated rings. The van der Waals surface area contributed by atoms with Crippen LogP contribution in [0.15, 0.2) is 34.1 Å². The Morgan fingerprint density at radius 3 is 2.53 bits per heavy atom. The van der Waals surface area contributed by atoms with Crippen molar-refractivity contribution < 1.29 is 19.5 Å². The maximum Gasteiger partial charge on any atom is 0.326 e. The van der Waals surface area contributed by atoms with Gasteiger partial charge in [0.25, 0.3) is 0 Å². The lowest BCUT2D eigenvalue weighted by Crippen LogP contribution is -2.44. The summed E-state index contributed by atoms with van der Waals surface area (Å²) in [6.07, 6.45) is 0.798. The molecule has 0 radical (unpaired) electrons. The topological polar surface area (TPSA) is 108 Å². The molecule has 1 aromatic carbocycles. The van der Waals surface area contributed by atoms with Crippen LogP contribution >= 0.6 is 23.1 Å². The number of aliphatic carboxylic acids is 1. The number of aromatic nitrogens is 1. The zero-order valence-corrected chi connectivity index (χ0v) is 19.1.